The van der Waals surface area contributed by atoms with Gasteiger partial charge in [0, 0.05) is 6.04 Å². The van der Waals surface area contributed by atoms with Gasteiger partial charge in [-0.05, 0) is 47.9 Å². The van der Waals surface area contributed by atoms with Crippen LogP contribution in [0.1, 0.15) is 18.0 Å². The third-order valence-corrected chi connectivity index (χ3v) is 3.25. The minimum Gasteiger partial charge on any atom is -0.313 e. The second-order valence-electron chi connectivity index (χ2n) is 2.68. The van der Waals surface area contributed by atoms with Gasteiger partial charge < -0.3 is 5.32 Å². The summed E-state index contributed by atoms with van der Waals surface area (Å²) < 4.78 is 0. The highest BCUT2D eigenvalue weighted by Gasteiger charge is 2.07. The van der Waals surface area contributed by atoms with Gasteiger partial charge in [0.25, 0.3) is 0 Å². The summed E-state index contributed by atoms with van der Waals surface area (Å²) >= 11 is 3.68. The lowest BCUT2D eigenvalue weighted by Gasteiger charge is -2.13. The molecule has 12 heavy (non-hydrogen) atoms. The fraction of sp³-hybridized carbons (Fsp3) is 0.556. The molecule has 0 saturated carbocycles. The molecule has 3 heteroatoms. The van der Waals surface area contributed by atoms with Crippen molar-refractivity contribution in [2.24, 2.45) is 0 Å². The summed E-state index contributed by atoms with van der Waals surface area (Å²) in [6.45, 7) is 0. The molecule has 0 bridgehead atoms. The molecule has 0 aliphatic heterocycles. The van der Waals surface area contributed by atoms with Crippen LogP contribution in [0.3, 0.4) is 0 Å². The summed E-state index contributed by atoms with van der Waals surface area (Å²) in [4.78, 5) is 0. The summed E-state index contributed by atoms with van der Waals surface area (Å²) in [5, 5.41) is 7.69. The molecule has 0 spiro atoms. The Morgan fingerprint density at radius 3 is 3.00 bits per heavy atom. The molecular weight excluding hydrogens is 186 g/mol. The quantitative estimate of drug-likeness (QED) is 0.786. The van der Waals surface area contributed by atoms with Crippen LogP contribution in [0, 0.1) is 0 Å². The molecule has 68 valence electrons. The van der Waals surface area contributed by atoms with E-state index >= 15 is 0 Å². The zero-order valence-corrected chi connectivity index (χ0v) is 9.17. The molecule has 1 N–H and O–H groups in total. The van der Waals surface area contributed by atoms with Crippen LogP contribution < -0.4 is 5.32 Å². The van der Waals surface area contributed by atoms with Gasteiger partial charge in [0.15, 0.2) is 0 Å². The van der Waals surface area contributed by atoms with E-state index in [0.29, 0.717) is 6.04 Å². The van der Waals surface area contributed by atoms with Gasteiger partial charge in [0.05, 0.1) is 0 Å². The maximum absolute atomic E-state index is 3.33. The van der Waals surface area contributed by atoms with Crippen molar-refractivity contribution in [3.63, 3.8) is 0 Å². The molecule has 0 radical (unpaired) electrons. The number of hydrogen-bond donors (Lipinski definition) is 1. The lowest BCUT2D eigenvalue weighted by Crippen LogP contribution is -2.16. The molecule has 1 heterocycles. The van der Waals surface area contributed by atoms with Crippen LogP contribution in [0.25, 0.3) is 0 Å². The Labute approximate surface area is 82.6 Å². The van der Waals surface area contributed by atoms with E-state index in [1.165, 1.54) is 17.7 Å². The van der Waals surface area contributed by atoms with Crippen molar-refractivity contribution in [2.75, 3.05) is 19.1 Å². The fourth-order valence-corrected chi connectivity index (χ4v) is 2.37. The first-order valence-corrected chi connectivity index (χ1v) is 6.40. The van der Waals surface area contributed by atoms with E-state index in [9.17, 15) is 0 Å². The predicted molar refractivity (Wildman–Crippen MR) is 59.1 cm³/mol. The van der Waals surface area contributed by atoms with Gasteiger partial charge >= 0.3 is 0 Å². The van der Waals surface area contributed by atoms with Gasteiger partial charge in [-0.2, -0.15) is 23.1 Å². The van der Waals surface area contributed by atoms with Crippen LogP contribution in [-0.4, -0.2) is 19.1 Å². The number of thioether (sulfide) groups is 1. The van der Waals surface area contributed by atoms with Crippen molar-refractivity contribution in [1.29, 1.82) is 0 Å². The van der Waals surface area contributed by atoms with Crippen LogP contribution in [0.5, 0.6) is 0 Å². The molecule has 1 aromatic heterocycles. The first-order valence-electron chi connectivity index (χ1n) is 4.06. The van der Waals surface area contributed by atoms with Crippen molar-refractivity contribution >= 4 is 23.1 Å². The topological polar surface area (TPSA) is 12.0 Å². The maximum atomic E-state index is 3.33. The SMILES string of the molecule is CNC(CCSC)c1ccsc1. The summed E-state index contributed by atoms with van der Waals surface area (Å²) in [6.07, 6.45) is 3.37. The smallest absolute Gasteiger partial charge is 0.0333 e. The number of rotatable bonds is 5. The molecule has 1 nitrogen and oxygen atoms in total. The Bertz CT molecular complexity index is 196. The summed E-state index contributed by atoms with van der Waals surface area (Å²) in [6, 6.07) is 2.75. The van der Waals surface area contributed by atoms with E-state index in [2.05, 4.69) is 28.4 Å². The lowest BCUT2D eigenvalue weighted by molar-refractivity contribution is 0.583. The van der Waals surface area contributed by atoms with Gasteiger partial charge in [-0.1, -0.05) is 0 Å². The molecule has 0 aliphatic rings. The van der Waals surface area contributed by atoms with E-state index in [1.807, 2.05) is 18.8 Å². The highest BCUT2D eigenvalue weighted by atomic mass is 32.2. The average Bonchev–Trinajstić information content (AvgIpc) is 2.59. The third kappa shape index (κ3) is 2.81. The highest BCUT2D eigenvalue weighted by molar-refractivity contribution is 7.98. The Hall–Kier alpha value is 0.01000. The van der Waals surface area contributed by atoms with Crippen molar-refractivity contribution < 1.29 is 0 Å². The molecule has 0 amide bonds. The van der Waals surface area contributed by atoms with Crippen LogP contribution in [0.2, 0.25) is 0 Å². The molecule has 1 unspecified atom stereocenters. The molecule has 1 rings (SSSR count). The van der Waals surface area contributed by atoms with E-state index in [1.54, 1.807) is 11.3 Å². The number of thiophene rings is 1. The van der Waals surface area contributed by atoms with E-state index in [0.717, 1.165) is 0 Å². The van der Waals surface area contributed by atoms with Crippen molar-refractivity contribution in [2.45, 2.75) is 12.5 Å². The monoisotopic (exact) mass is 201 g/mol. The zero-order valence-electron chi connectivity index (χ0n) is 7.54. The normalized spacial score (nSPS) is 13.2. The minimum absolute atomic E-state index is 0.545. The number of nitrogens with one attached hydrogen (secondary N) is 1. The summed E-state index contributed by atoms with van der Waals surface area (Å²) in [5.74, 6) is 1.22. The Morgan fingerprint density at radius 1 is 1.67 bits per heavy atom. The van der Waals surface area contributed by atoms with E-state index < -0.39 is 0 Å². The van der Waals surface area contributed by atoms with Crippen LogP contribution in [-0.2, 0) is 0 Å². The Morgan fingerprint density at radius 2 is 2.50 bits per heavy atom. The fourth-order valence-electron chi connectivity index (χ4n) is 1.19. The van der Waals surface area contributed by atoms with Gasteiger partial charge in [0.1, 0.15) is 0 Å². The van der Waals surface area contributed by atoms with Gasteiger partial charge in [-0.15, -0.1) is 0 Å². The van der Waals surface area contributed by atoms with E-state index in [-0.39, 0.29) is 0 Å². The maximum Gasteiger partial charge on any atom is 0.0333 e. The van der Waals surface area contributed by atoms with Crippen LogP contribution >= 0.6 is 23.1 Å². The second-order valence-corrected chi connectivity index (χ2v) is 4.45. The molecular formula is C9H15NS2. The molecule has 1 atom stereocenters. The first-order chi connectivity index (χ1) is 5.88. The second kappa shape index (κ2) is 5.62. The standard InChI is InChI=1S/C9H15NS2/c1-10-9(4-5-11-2)8-3-6-12-7-8/h3,6-7,9-10H,4-5H2,1-2H3. The zero-order chi connectivity index (χ0) is 8.81. The molecule has 0 fully saturated rings. The van der Waals surface area contributed by atoms with Crippen molar-refractivity contribution in [3.05, 3.63) is 22.4 Å². The molecule has 0 aromatic carbocycles. The highest BCUT2D eigenvalue weighted by Crippen LogP contribution is 2.20. The molecule has 0 saturated heterocycles. The Balaban J connectivity index is 2.45. The van der Waals surface area contributed by atoms with Gasteiger partial charge in [-0.3, -0.25) is 0 Å². The number of hydrogen-bond acceptors (Lipinski definition) is 3. The molecule has 0 aliphatic carbocycles. The minimum atomic E-state index is 0.545. The van der Waals surface area contributed by atoms with Crippen LogP contribution in [0.15, 0.2) is 16.8 Å². The van der Waals surface area contributed by atoms with Gasteiger partial charge in [0.2, 0.25) is 0 Å². The van der Waals surface area contributed by atoms with Gasteiger partial charge in [-0.25, -0.2) is 0 Å². The van der Waals surface area contributed by atoms with Crippen LogP contribution in [0.4, 0.5) is 0 Å². The Kier molecular flexibility index (Phi) is 4.73. The van der Waals surface area contributed by atoms with E-state index in [4.69, 9.17) is 0 Å². The largest absolute Gasteiger partial charge is 0.313 e. The lowest BCUT2D eigenvalue weighted by atomic mass is 10.1. The first kappa shape index (κ1) is 10.1. The summed E-state index contributed by atoms with van der Waals surface area (Å²) in [5.41, 5.74) is 1.43. The van der Waals surface area contributed by atoms with Crippen molar-refractivity contribution in [1.82, 2.24) is 5.32 Å². The average molecular weight is 201 g/mol. The van der Waals surface area contributed by atoms with Crippen molar-refractivity contribution in [3.8, 4) is 0 Å². The third-order valence-electron chi connectivity index (χ3n) is 1.90. The summed E-state index contributed by atoms with van der Waals surface area (Å²) in [7, 11) is 2.03. The molecule has 1 aromatic rings. The predicted octanol–water partition coefficient (Wildman–Crippen LogP) is 2.76.